The van der Waals surface area contributed by atoms with Crippen molar-refractivity contribution in [3.05, 3.63) is 18.2 Å². The number of carbonyl (C=O) groups excluding carboxylic acids is 1. The van der Waals surface area contributed by atoms with E-state index in [1.807, 2.05) is 59.0 Å². The van der Waals surface area contributed by atoms with Crippen molar-refractivity contribution in [3.63, 3.8) is 0 Å². The second-order valence-electron chi connectivity index (χ2n) is 9.30. The van der Waals surface area contributed by atoms with Crippen LogP contribution in [0.5, 0.6) is 0 Å². The van der Waals surface area contributed by atoms with Crippen LogP contribution >= 0.6 is 24.0 Å². The van der Waals surface area contributed by atoms with Crippen LogP contribution in [0, 0.1) is 12.8 Å². The first kappa shape index (κ1) is 28.5. The molecule has 184 valence electrons. The van der Waals surface area contributed by atoms with Crippen molar-refractivity contribution in [2.45, 2.75) is 72.4 Å². The summed E-state index contributed by atoms with van der Waals surface area (Å²) in [6, 6.07) is 0. The van der Waals surface area contributed by atoms with Crippen LogP contribution in [0.3, 0.4) is 0 Å². The van der Waals surface area contributed by atoms with Crippen LogP contribution in [-0.2, 0) is 11.3 Å². The lowest BCUT2D eigenvalue weighted by atomic mass is 9.96. The average Bonchev–Trinajstić information content (AvgIpc) is 3.13. The highest BCUT2D eigenvalue weighted by Gasteiger charge is 2.27. The molecule has 1 amide bonds. The van der Waals surface area contributed by atoms with Gasteiger partial charge >= 0.3 is 6.09 Å². The first-order chi connectivity index (χ1) is 14.7. The molecular formula is C23H43IN6O2. The predicted molar refractivity (Wildman–Crippen MR) is 141 cm³/mol. The minimum atomic E-state index is -0.455. The van der Waals surface area contributed by atoms with E-state index in [0.29, 0.717) is 12.5 Å². The summed E-state index contributed by atoms with van der Waals surface area (Å²) in [5.74, 6) is 2.55. The standard InChI is InChI=1S/C23H42N6O2.HI/c1-7-27(22(30)31-23(3,4)5)18-20-10-15-29(16-11-20)21(24-6)26-12-8-9-14-28-17-13-25-19(28)2;/h13,17,20H,7-12,14-16,18H2,1-6H3,(H,24,26);1H. The summed E-state index contributed by atoms with van der Waals surface area (Å²) in [7, 11) is 1.85. The fourth-order valence-corrected chi connectivity index (χ4v) is 3.88. The van der Waals surface area contributed by atoms with Crippen molar-refractivity contribution in [3.8, 4) is 0 Å². The molecule has 1 saturated heterocycles. The highest BCUT2D eigenvalue weighted by atomic mass is 127. The molecule has 2 heterocycles. The van der Waals surface area contributed by atoms with Gasteiger partial charge in [-0.05, 0) is 66.2 Å². The number of piperidine rings is 1. The third-order valence-electron chi connectivity index (χ3n) is 5.67. The highest BCUT2D eigenvalue weighted by Crippen LogP contribution is 2.20. The Morgan fingerprint density at radius 2 is 2.00 bits per heavy atom. The van der Waals surface area contributed by atoms with Crippen LogP contribution in [0.4, 0.5) is 4.79 Å². The molecule has 1 aliphatic rings. The molecule has 0 atom stereocenters. The maximum atomic E-state index is 12.4. The van der Waals surface area contributed by atoms with E-state index < -0.39 is 5.60 Å². The number of unbranched alkanes of at least 4 members (excludes halogenated alkanes) is 1. The molecule has 0 spiro atoms. The van der Waals surface area contributed by atoms with E-state index >= 15 is 0 Å². The van der Waals surface area contributed by atoms with Crippen molar-refractivity contribution in [1.29, 1.82) is 0 Å². The number of amides is 1. The van der Waals surface area contributed by atoms with Gasteiger partial charge in [-0.1, -0.05) is 0 Å². The van der Waals surface area contributed by atoms with Crippen molar-refractivity contribution in [2.24, 2.45) is 10.9 Å². The molecule has 1 aromatic heterocycles. The Labute approximate surface area is 211 Å². The van der Waals surface area contributed by atoms with Gasteiger partial charge in [-0.15, -0.1) is 24.0 Å². The number of imidazole rings is 1. The lowest BCUT2D eigenvalue weighted by molar-refractivity contribution is 0.0214. The predicted octanol–water partition coefficient (Wildman–Crippen LogP) is 4.13. The third-order valence-corrected chi connectivity index (χ3v) is 5.67. The molecule has 0 bridgehead atoms. The van der Waals surface area contributed by atoms with Gasteiger partial charge in [-0.3, -0.25) is 4.99 Å². The molecule has 1 aliphatic heterocycles. The summed E-state index contributed by atoms with van der Waals surface area (Å²) >= 11 is 0. The quantitative estimate of drug-likeness (QED) is 0.223. The maximum absolute atomic E-state index is 12.4. The van der Waals surface area contributed by atoms with Gasteiger partial charge < -0.3 is 24.4 Å². The summed E-state index contributed by atoms with van der Waals surface area (Å²) in [5.41, 5.74) is -0.455. The number of halogens is 1. The molecule has 1 N–H and O–H groups in total. The minimum absolute atomic E-state index is 0. The van der Waals surface area contributed by atoms with Crippen molar-refractivity contribution < 1.29 is 9.53 Å². The second kappa shape index (κ2) is 13.9. The lowest BCUT2D eigenvalue weighted by Crippen LogP contribution is -2.48. The Hall–Kier alpha value is -1.52. The maximum Gasteiger partial charge on any atom is 0.410 e. The van der Waals surface area contributed by atoms with Gasteiger partial charge in [0.05, 0.1) is 0 Å². The second-order valence-corrected chi connectivity index (χ2v) is 9.30. The van der Waals surface area contributed by atoms with Gasteiger partial charge in [0.25, 0.3) is 0 Å². The van der Waals surface area contributed by atoms with Crippen molar-refractivity contribution >= 4 is 36.0 Å². The lowest BCUT2D eigenvalue weighted by Gasteiger charge is -2.36. The van der Waals surface area contributed by atoms with Crippen LogP contribution in [0.15, 0.2) is 17.4 Å². The molecule has 0 aromatic carbocycles. The number of hydrogen-bond donors (Lipinski definition) is 1. The molecule has 0 radical (unpaired) electrons. The van der Waals surface area contributed by atoms with E-state index in [-0.39, 0.29) is 30.1 Å². The third kappa shape index (κ3) is 9.54. The monoisotopic (exact) mass is 562 g/mol. The van der Waals surface area contributed by atoms with Gasteiger partial charge in [0.15, 0.2) is 5.96 Å². The zero-order chi connectivity index (χ0) is 22.9. The Morgan fingerprint density at radius 3 is 2.53 bits per heavy atom. The largest absolute Gasteiger partial charge is 0.444 e. The van der Waals surface area contributed by atoms with E-state index in [2.05, 4.69) is 24.8 Å². The number of aromatic nitrogens is 2. The summed E-state index contributed by atoms with van der Waals surface area (Å²) in [4.78, 5) is 25.3. The zero-order valence-electron chi connectivity index (χ0n) is 20.8. The van der Waals surface area contributed by atoms with Crippen LogP contribution in [-0.4, -0.2) is 76.8 Å². The first-order valence-corrected chi connectivity index (χ1v) is 11.6. The number of hydrogen-bond acceptors (Lipinski definition) is 4. The van der Waals surface area contributed by atoms with Crippen LogP contribution < -0.4 is 5.32 Å². The van der Waals surface area contributed by atoms with Crippen LogP contribution in [0.2, 0.25) is 0 Å². The Bertz CT molecular complexity index is 708. The number of aryl methyl sites for hydroxylation is 2. The van der Waals surface area contributed by atoms with Gasteiger partial charge in [-0.25, -0.2) is 9.78 Å². The number of ether oxygens (including phenoxy) is 1. The van der Waals surface area contributed by atoms with Gasteiger partial charge in [0, 0.05) is 58.7 Å². The minimum Gasteiger partial charge on any atom is -0.444 e. The van der Waals surface area contributed by atoms with Crippen molar-refractivity contribution in [2.75, 3.05) is 39.8 Å². The molecular weight excluding hydrogens is 519 g/mol. The van der Waals surface area contributed by atoms with E-state index in [9.17, 15) is 4.79 Å². The zero-order valence-corrected chi connectivity index (χ0v) is 23.1. The van der Waals surface area contributed by atoms with E-state index in [1.54, 1.807) is 0 Å². The molecule has 8 nitrogen and oxygen atoms in total. The smallest absolute Gasteiger partial charge is 0.410 e. The summed E-state index contributed by atoms with van der Waals surface area (Å²) in [6.45, 7) is 15.1. The number of nitrogens with one attached hydrogen (secondary N) is 1. The molecule has 32 heavy (non-hydrogen) atoms. The Balaban J connectivity index is 0.00000512. The van der Waals surface area contributed by atoms with Gasteiger partial charge in [0.1, 0.15) is 11.4 Å². The van der Waals surface area contributed by atoms with E-state index in [1.165, 1.54) is 0 Å². The summed E-state index contributed by atoms with van der Waals surface area (Å²) in [6.07, 6.45) is 8.00. The van der Waals surface area contributed by atoms with E-state index in [0.717, 1.165) is 70.2 Å². The summed E-state index contributed by atoms with van der Waals surface area (Å²) < 4.78 is 7.74. The van der Waals surface area contributed by atoms with Crippen molar-refractivity contribution in [1.82, 2.24) is 24.7 Å². The first-order valence-electron chi connectivity index (χ1n) is 11.6. The average molecular weight is 563 g/mol. The van der Waals surface area contributed by atoms with Gasteiger partial charge in [0.2, 0.25) is 0 Å². The number of nitrogens with zero attached hydrogens (tertiary/aromatic N) is 5. The number of rotatable bonds is 8. The molecule has 0 saturated carbocycles. The highest BCUT2D eigenvalue weighted by molar-refractivity contribution is 14.0. The number of aliphatic imine (C=N–C) groups is 1. The number of guanidine groups is 1. The number of carbonyl (C=O) groups is 1. The normalized spacial score (nSPS) is 15.3. The Morgan fingerprint density at radius 1 is 1.31 bits per heavy atom. The fourth-order valence-electron chi connectivity index (χ4n) is 3.88. The molecule has 1 fully saturated rings. The molecule has 9 heteroatoms. The SMILES string of the molecule is CCN(CC1CCN(C(=NC)NCCCCn2ccnc2C)CC1)C(=O)OC(C)(C)C.I. The molecule has 0 aliphatic carbocycles. The van der Waals surface area contributed by atoms with Crippen LogP contribution in [0.1, 0.15) is 59.2 Å². The topological polar surface area (TPSA) is 75.0 Å². The molecule has 2 rings (SSSR count). The van der Waals surface area contributed by atoms with E-state index in [4.69, 9.17) is 4.74 Å². The summed E-state index contributed by atoms with van der Waals surface area (Å²) in [5, 5.41) is 3.51. The Kier molecular flexibility index (Phi) is 12.4. The fraction of sp³-hybridized carbons (Fsp3) is 0.783. The molecule has 1 aromatic rings. The molecule has 0 unspecified atom stereocenters. The van der Waals surface area contributed by atoms with Gasteiger partial charge in [-0.2, -0.15) is 0 Å². The van der Waals surface area contributed by atoms with Crippen LogP contribution in [0.25, 0.3) is 0 Å². The number of likely N-dealkylation sites (tertiary alicyclic amines) is 1.